The van der Waals surface area contributed by atoms with Crippen LogP contribution in [0.3, 0.4) is 0 Å². The van der Waals surface area contributed by atoms with Crippen molar-refractivity contribution in [2.75, 3.05) is 13.6 Å². The molecule has 3 atom stereocenters. The molecule has 12 heteroatoms. The summed E-state index contributed by atoms with van der Waals surface area (Å²) in [5.41, 5.74) is 5.03. The Balaban J connectivity index is 1.46. The first-order chi connectivity index (χ1) is 19.4. The Hall–Kier alpha value is -4.61. The molecule has 41 heavy (non-hydrogen) atoms. The maximum atomic E-state index is 14.3. The SMILES string of the molecule is CC(C)C[C@@H](C(=O)N1C[C@@]2(C[C@H]1C(N)=O)N=C(c1ccccc1)NC2=O)N(C)C(=O)c1cc2c(F)cc(F)cc2[nH]1. The molecule has 1 aromatic heterocycles. The lowest BCUT2D eigenvalue weighted by Crippen LogP contribution is -2.54. The number of aromatic nitrogens is 1. The molecule has 2 aliphatic heterocycles. The average molecular weight is 565 g/mol. The molecule has 3 aromatic rings. The second-order valence-electron chi connectivity index (χ2n) is 11.0. The van der Waals surface area contributed by atoms with Gasteiger partial charge in [0.25, 0.3) is 11.8 Å². The van der Waals surface area contributed by atoms with Crippen LogP contribution in [0, 0.1) is 17.6 Å². The van der Waals surface area contributed by atoms with Gasteiger partial charge in [-0.3, -0.25) is 19.2 Å². The number of hydrogen-bond acceptors (Lipinski definition) is 5. The lowest BCUT2D eigenvalue weighted by molar-refractivity contribution is -0.141. The van der Waals surface area contributed by atoms with Crippen LogP contribution in [0.4, 0.5) is 8.78 Å². The number of nitrogens with two attached hydrogens (primary N) is 1. The number of amidine groups is 1. The van der Waals surface area contributed by atoms with Crippen molar-refractivity contribution in [3.8, 4) is 0 Å². The van der Waals surface area contributed by atoms with Gasteiger partial charge in [0.1, 0.15) is 35.2 Å². The molecule has 2 aliphatic rings. The predicted molar refractivity (Wildman–Crippen MR) is 147 cm³/mol. The number of aliphatic imine (C=N–C) groups is 1. The topological polar surface area (TPSA) is 141 Å². The molecule has 1 spiro atoms. The number of benzene rings is 2. The van der Waals surface area contributed by atoms with E-state index in [0.29, 0.717) is 11.4 Å². The molecule has 0 radical (unpaired) electrons. The fourth-order valence-corrected chi connectivity index (χ4v) is 5.54. The molecule has 5 rings (SSSR count). The number of carbonyl (C=O) groups is 4. The Kier molecular flexibility index (Phi) is 7.10. The summed E-state index contributed by atoms with van der Waals surface area (Å²) in [6.45, 7) is 3.55. The van der Waals surface area contributed by atoms with Crippen LogP contribution in [0.25, 0.3) is 10.9 Å². The van der Waals surface area contributed by atoms with Crippen LogP contribution >= 0.6 is 0 Å². The zero-order valence-corrected chi connectivity index (χ0v) is 22.8. The number of halogens is 2. The molecule has 214 valence electrons. The van der Waals surface area contributed by atoms with Gasteiger partial charge in [0.05, 0.1) is 12.1 Å². The minimum atomic E-state index is -1.41. The molecule has 0 unspecified atom stereocenters. The molecule has 4 amide bonds. The number of nitrogens with zero attached hydrogens (tertiary/aromatic N) is 3. The minimum absolute atomic E-state index is 0.0319. The van der Waals surface area contributed by atoms with Gasteiger partial charge in [0.15, 0.2) is 5.54 Å². The summed E-state index contributed by atoms with van der Waals surface area (Å²) in [6, 6.07) is 9.87. The molecule has 0 saturated carbocycles. The highest BCUT2D eigenvalue weighted by molar-refractivity contribution is 6.16. The maximum absolute atomic E-state index is 14.3. The number of nitrogens with one attached hydrogen (secondary N) is 2. The average Bonchev–Trinajstić information content (AvgIpc) is 3.62. The van der Waals surface area contributed by atoms with Crippen LogP contribution < -0.4 is 11.1 Å². The smallest absolute Gasteiger partial charge is 0.270 e. The molecule has 0 aliphatic carbocycles. The van der Waals surface area contributed by atoms with Crippen molar-refractivity contribution >= 4 is 40.4 Å². The predicted octanol–water partition coefficient (Wildman–Crippen LogP) is 2.33. The van der Waals surface area contributed by atoms with Crippen molar-refractivity contribution in [2.24, 2.45) is 16.6 Å². The Morgan fingerprint density at radius 2 is 1.88 bits per heavy atom. The summed E-state index contributed by atoms with van der Waals surface area (Å²) in [4.78, 5) is 63.1. The first-order valence-corrected chi connectivity index (χ1v) is 13.2. The number of hydrogen-bond donors (Lipinski definition) is 3. The van der Waals surface area contributed by atoms with E-state index in [1.165, 1.54) is 22.9 Å². The molecule has 2 aromatic carbocycles. The van der Waals surface area contributed by atoms with E-state index in [1.54, 1.807) is 24.3 Å². The van der Waals surface area contributed by atoms with E-state index in [1.807, 2.05) is 19.9 Å². The normalized spacial score (nSPS) is 20.9. The Morgan fingerprint density at radius 1 is 1.17 bits per heavy atom. The fraction of sp³-hybridized carbons (Fsp3) is 0.345. The summed E-state index contributed by atoms with van der Waals surface area (Å²) in [7, 11) is 1.43. The van der Waals surface area contributed by atoms with Gasteiger partial charge < -0.3 is 25.8 Å². The largest absolute Gasteiger partial charge is 0.368 e. The molecule has 1 saturated heterocycles. The number of amides is 4. The summed E-state index contributed by atoms with van der Waals surface area (Å²) in [5, 5.41) is 2.79. The monoisotopic (exact) mass is 564 g/mol. The first-order valence-electron chi connectivity index (χ1n) is 13.2. The van der Waals surface area contributed by atoms with Crippen molar-refractivity contribution in [2.45, 2.75) is 44.3 Å². The zero-order valence-electron chi connectivity index (χ0n) is 22.8. The Bertz CT molecular complexity index is 1590. The third-order valence-corrected chi connectivity index (χ3v) is 7.63. The highest BCUT2D eigenvalue weighted by Gasteiger charge is 2.56. The second-order valence-corrected chi connectivity index (χ2v) is 11.0. The van der Waals surface area contributed by atoms with Crippen LogP contribution in [0.2, 0.25) is 0 Å². The van der Waals surface area contributed by atoms with Gasteiger partial charge in [-0.2, -0.15) is 0 Å². The number of H-pyrrole nitrogens is 1. The molecular weight excluding hydrogens is 534 g/mol. The standard InChI is InChI=1S/C29H30F2N6O4/c1-15(2)9-22(36(3)26(39)21-12-18-19(31)10-17(30)11-20(18)33-21)27(40)37-14-29(13-23(37)24(32)38)28(41)34-25(35-29)16-7-5-4-6-8-16/h4-8,10-12,15,22-23,33H,9,13-14H2,1-3H3,(H2,32,38)(H,34,35,41)/t22-,23-,29+/m0/s1. The molecule has 10 nitrogen and oxygen atoms in total. The maximum Gasteiger partial charge on any atom is 0.270 e. The van der Waals surface area contributed by atoms with Crippen molar-refractivity contribution in [1.82, 2.24) is 20.1 Å². The van der Waals surface area contributed by atoms with E-state index >= 15 is 0 Å². The van der Waals surface area contributed by atoms with Crippen molar-refractivity contribution < 1.29 is 28.0 Å². The van der Waals surface area contributed by atoms with Crippen LogP contribution in [-0.2, 0) is 14.4 Å². The zero-order chi connectivity index (χ0) is 29.6. The van der Waals surface area contributed by atoms with E-state index in [2.05, 4.69) is 15.3 Å². The number of carbonyl (C=O) groups excluding carboxylic acids is 4. The molecular formula is C29H30F2N6O4. The van der Waals surface area contributed by atoms with E-state index in [-0.39, 0.29) is 41.9 Å². The lowest BCUT2D eigenvalue weighted by Gasteiger charge is -2.33. The van der Waals surface area contributed by atoms with Crippen molar-refractivity contribution in [3.05, 3.63) is 71.4 Å². The second kappa shape index (κ2) is 10.4. The van der Waals surface area contributed by atoms with E-state index < -0.39 is 52.9 Å². The summed E-state index contributed by atoms with van der Waals surface area (Å²) >= 11 is 0. The van der Waals surface area contributed by atoms with Gasteiger partial charge in [-0.25, -0.2) is 13.8 Å². The third-order valence-electron chi connectivity index (χ3n) is 7.63. The van der Waals surface area contributed by atoms with E-state index in [0.717, 1.165) is 12.1 Å². The summed E-state index contributed by atoms with van der Waals surface area (Å²) in [5.74, 6) is -3.79. The fourth-order valence-electron chi connectivity index (χ4n) is 5.54. The number of primary amides is 1. The quantitative estimate of drug-likeness (QED) is 0.405. The number of rotatable bonds is 7. The van der Waals surface area contributed by atoms with Gasteiger partial charge in [-0.1, -0.05) is 44.2 Å². The van der Waals surface area contributed by atoms with Crippen molar-refractivity contribution in [1.29, 1.82) is 0 Å². The number of aromatic amines is 1. The highest BCUT2D eigenvalue weighted by atomic mass is 19.1. The Labute approximate surface area is 234 Å². The third kappa shape index (κ3) is 5.05. The number of likely N-dealkylation sites (N-methyl/N-ethyl adjacent to an activating group) is 1. The van der Waals surface area contributed by atoms with Gasteiger partial charge in [-0.05, 0) is 24.5 Å². The van der Waals surface area contributed by atoms with E-state index in [9.17, 15) is 28.0 Å². The van der Waals surface area contributed by atoms with Gasteiger partial charge >= 0.3 is 0 Å². The summed E-state index contributed by atoms with van der Waals surface area (Å²) < 4.78 is 28.0. The molecule has 1 fully saturated rings. The Morgan fingerprint density at radius 3 is 2.54 bits per heavy atom. The molecule has 4 N–H and O–H groups in total. The lowest BCUT2D eigenvalue weighted by atomic mass is 9.96. The van der Waals surface area contributed by atoms with Gasteiger partial charge in [-0.15, -0.1) is 0 Å². The van der Waals surface area contributed by atoms with Gasteiger partial charge in [0.2, 0.25) is 11.8 Å². The van der Waals surface area contributed by atoms with Crippen LogP contribution in [0.15, 0.2) is 53.5 Å². The molecule has 3 heterocycles. The van der Waals surface area contributed by atoms with E-state index in [4.69, 9.17) is 5.73 Å². The summed E-state index contributed by atoms with van der Waals surface area (Å²) in [6.07, 6.45) is 0.124. The number of fused-ring (bicyclic) bond motifs is 1. The minimum Gasteiger partial charge on any atom is -0.368 e. The highest BCUT2D eigenvalue weighted by Crippen LogP contribution is 2.35. The number of likely N-dealkylation sites (tertiary alicyclic amines) is 1. The van der Waals surface area contributed by atoms with Crippen LogP contribution in [-0.4, -0.2) is 75.5 Å². The van der Waals surface area contributed by atoms with Crippen molar-refractivity contribution in [3.63, 3.8) is 0 Å². The van der Waals surface area contributed by atoms with Crippen LogP contribution in [0.5, 0.6) is 0 Å². The first kappa shape index (κ1) is 27.9. The van der Waals surface area contributed by atoms with Crippen LogP contribution in [0.1, 0.15) is 42.7 Å². The van der Waals surface area contributed by atoms with Gasteiger partial charge in [0, 0.05) is 30.5 Å². The molecule has 0 bridgehead atoms.